The summed E-state index contributed by atoms with van der Waals surface area (Å²) >= 11 is 0. The van der Waals surface area contributed by atoms with Gasteiger partial charge in [-0.05, 0) is 66.6 Å². The van der Waals surface area contributed by atoms with Gasteiger partial charge in [0.2, 0.25) is 0 Å². The first-order valence-corrected chi connectivity index (χ1v) is 10.7. The van der Waals surface area contributed by atoms with E-state index in [0.29, 0.717) is 6.04 Å². The van der Waals surface area contributed by atoms with E-state index in [1.807, 2.05) is 17.0 Å². The van der Waals surface area contributed by atoms with E-state index in [-0.39, 0.29) is 5.91 Å². The van der Waals surface area contributed by atoms with Crippen molar-refractivity contribution in [3.05, 3.63) is 59.2 Å². The first kappa shape index (κ1) is 17.9. The molecule has 3 aliphatic heterocycles. The van der Waals surface area contributed by atoms with Crippen LogP contribution in [0, 0.1) is 0 Å². The first-order valence-electron chi connectivity index (χ1n) is 10.7. The van der Waals surface area contributed by atoms with Crippen LogP contribution in [0.25, 0.3) is 11.1 Å². The molecule has 0 aliphatic carbocycles. The number of carbonyl (C=O) groups is 1. The molecule has 2 fully saturated rings. The maximum Gasteiger partial charge on any atom is 0.253 e. The maximum atomic E-state index is 12.5. The lowest BCUT2D eigenvalue weighted by atomic mass is 9.93. The predicted octanol–water partition coefficient (Wildman–Crippen LogP) is 3.31. The molecule has 3 aliphatic rings. The van der Waals surface area contributed by atoms with Crippen LogP contribution in [0.2, 0.25) is 0 Å². The lowest BCUT2D eigenvalue weighted by Gasteiger charge is -2.33. The monoisotopic (exact) mass is 375 g/mol. The minimum atomic E-state index is 0.177. The van der Waals surface area contributed by atoms with Crippen molar-refractivity contribution < 1.29 is 4.79 Å². The largest absolute Gasteiger partial charge is 0.339 e. The zero-order valence-corrected chi connectivity index (χ0v) is 16.5. The Morgan fingerprint density at radius 1 is 0.929 bits per heavy atom. The number of hydrogen-bond acceptors (Lipinski definition) is 3. The number of nitrogens with zero attached hydrogens (tertiary/aromatic N) is 2. The Kier molecular flexibility index (Phi) is 4.91. The molecule has 4 nitrogen and oxygen atoms in total. The molecule has 5 rings (SSSR count). The van der Waals surface area contributed by atoms with Crippen LogP contribution in [0.15, 0.2) is 42.5 Å². The fourth-order valence-corrected chi connectivity index (χ4v) is 4.93. The Morgan fingerprint density at radius 3 is 2.46 bits per heavy atom. The first-order chi connectivity index (χ1) is 13.8. The Bertz CT molecular complexity index is 849. The number of nitrogens with one attached hydrogen (secondary N) is 1. The number of likely N-dealkylation sites (tertiary alicyclic amines) is 1. The van der Waals surface area contributed by atoms with Crippen LogP contribution in [0.3, 0.4) is 0 Å². The highest BCUT2D eigenvalue weighted by Crippen LogP contribution is 2.28. The zero-order valence-electron chi connectivity index (χ0n) is 16.5. The molecule has 0 radical (unpaired) electrons. The van der Waals surface area contributed by atoms with Crippen LogP contribution in [0.5, 0.6) is 0 Å². The average Bonchev–Trinajstić information content (AvgIpc) is 3.47. The quantitative estimate of drug-likeness (QED) is 0.894. The lowest BCUT2D eigenvalue weighted by Crippen LogP contribution is -2.40. The van der Waals surface area contributed by atoms with Crippen LogP contribution in [0.4, 0.5) is 0 Å². The maximum absolute atomic E-state index is 12.5. The van der Waals surface area contributed by atoms with Crippen LogP contribution in [0.1, 0.15) is 40.7 Å². The summed E-state index contributed by atoms with van der Waals surface area (Å²) in [5, 5.41) is 3.49. The molecule has 28 heavy (non-hydrogen) atoms. The normalized spacial score (nSPS) is 22.4. The minimum absolute atomic E-state index is 0.177. The van der Waals surface area contributed by atoms with E-state index in [1.165, 1.54) is 28.7 Å². The van der Waals surface area contributed by atoms with Gasteiger partial charge in [0.05, 0.1) is 0 Å². The molecule has 0 bridgehead atoms. The van der Waals surface area contributed by atoms with Gasteiger partial charge in [-0.1, -0.05) is 30.3 Å². The minimum Gasteiger partial charge on any atom is -0.339 e. The highest BCUT2D eigenvalue weighted by Gasteiger charge is 2.26. The van der Waals surface area contributed by atoms with Gasteiger partial charge in [-0.3, -0.25) is 9.69 Å². The third-order valence-electron chi connectivity index (χ3n) is 6.66. The number of amides is 1. The van der Waals surface area contributed by atoms with Gasteiger partial charge < -0.3 is 10.2 Å². The zero-order chi connectivity index (χ0) is 18.9. The molecule has 1 unspecified atom stereocenters. The van der Waals surface area contributed by atoms with Gasteiger partial charge in [-0.25, -0.2) is 0 Å². The summed E-state index contributed by atoms with van der Waals surface area (Å²) in [5.41, 5.74) is 6.22. The van der Waals surface area contributed by atoms with E-state index >= 15 is 0 Å². The molecular weight excluding hydrogens is 346 g/mol. The van der Waals surface area contributed by atoms with Crippen molar-refractivity contribution >= 4 is 5.91 Å². The summed E-state index contributed by atoms with van der Waals surface area (Å²) in [4.78, 5) is 17.2. The second-order valence-electron chi connectivity index (χ2n) is 8.43. The van der Waals surface area contributed by atoms with Crippen LogP contribution >= 0.6 is 0 Å². The molecule has 2 aromatic carbocycles. The molecule has 2 saturated heterocycles. The third-order valence-corrected chi connectivity index (χ3v) is 6.66. The Morgan fingerprint density at radius 2 is 1.71 bits per heavy atom. The smallest absolute Gasteiger partial charge is 0.253 e. The van der Waals surface area contributed by atoms with Crippen LogP contribution in [-0.4, -0.2) is 54.5 Å². The topological polar surface area (TPSA) is 35.6 Å². The van der Waals surface area contributed by atoms with Gasteiger partial charge >= 0.3 is 0 Å². The predicted molar refractivity (Wildman–Crippen MR) is 112 cm³/mol. The van der Waals surface area contributed by atoms with E-state index in [0.717, 1.165) is 64.1 Å². The summed E-state index contributed by atoms with van der Waals surface area (Å²) < 4.78 is 0. The highest BCUT2D eigenvalue weighted by atomic mass is 16.2. The molecule has 0 aromatic heterocycles. The van der Waals surface area contributed by atoms with Gasteiger partial charge in [-0.2, -0.15) is 0 Å². The van der Waals surface area contributed by atoms with Crippen LogP contribution in [-0.2, 0) is 13.0 Å². The highest BCUT2D eigenvalue weighted by molar-refractivity contribution is 5.94. The number of benzene rings is 2. The van der Waals surface area contributed by atoms with E-state index in [4.69, 9.17) is 0 Å². The summed E-state index contributed by atoms with van der Waals surface area (Å²) in [6, 6.07) is 15.8. The average molecular weight is 376 g/mol. The molecular formula is C24H29N3O. The summed E-state index contributed by atoms with van der Waals surface area (Å²) in [6.45, 7) is 6.33. The fourth-order valence-electron chi connectivity index (χ4n) is 4.93. The van der Waals surface area contributed by atoms with Gasteiger partial charge in [-0.15, -0.1) is 0 Å². The summed E-state index contributed by atoms with van der Waals surface area (Å²) in [6.07, 6.45) is 4.67. The van der Waals surface area contributed by atoms with Crippen molar-refractivity contribution in [3.63, 3.8) is 0 Å². The summed E-state index contributed by atoms with van der Waals surface area (Å²) in [7, 11) is 0. The number of rotatable bonds is 3. The second-order valence-corrected chi connectivity index (χ2v) is 8.43. The number of fused-ring (bicyclic) bond motifs is 1. The molecule has 1 atom stereocenters. The third kappa shape index (κ3) is 3.47. The van der Waals surface area contributed by atoms with Crippen molar-refractivity contribution in [1.29, 1.82) is 0 Å². The molecule has 3 heterocycles. The Balaban J connectivity index is 1.31. The summed E-state index contributed by atoms with van der Waals surface area (Å²) in [5.74, 6) is 0.177. The van der Waals surface area contributed by atoms with Crippen LogP contribution < -0.4 is 5.32 Å². The van der Waals surface area contributed by atoms with Crippen molar-refractivity contribution in [2.45, 2.75) is 38.3 Å². The van der Waals surface area contributed by atoms with Crippen molar-refractivity contribution in [2.75, 3.05) is 32.7 Å². The van der Waals surface area contributed by atoms with Crippen molar-refractivity contribution in [1.82, 2.24) is 15.1 Å². The van der Waals surface area contributed by atoms with Crippen molar-refractivity contribution in [3.8, 4) is 11.1 Å². The molecule has 2 aromatic rings. The molecule has 146 valence electrons. The fraction of sp³-hybridized carbons (Fsp3) is 0.458. The van der Waals surface area contributed by atoms with E-state index in [1.54, 1.807) is 0 Å². The molecule has 1 amide bonds. The van der Waals surface area contributed by atoms with Gasteiger partial charge in [0.15, 0.2) is 0 Å². The second kappa shape index (κ2) is 7.69. The van der Waals surface area contributed by atoms with Gasteiger partial charge in [0.25, 0.3) is 5.91 Å². The number of hydrogen-bond donors (Lipinski definition) is 1. The lowest BCUT2D eigenvalue weighted by molar-refractivity contribution is 0.0793. The van der Waals surface area contributed by atoms with Gasteiger partial charge in [0, 0.05) is 44.3 Å². The van der Waals surface area contributed by atoms with Crippen molar-refractivity contribution in [2.24, 2.45) is 0 Å². The molecule has 1 N–H and O–H groups in total. The molecule has 4 heteroatoms. The Hall–Kier alpha value is -2.17. The number of carbonyl (C=O) groups excluding carboxylic acids is 1. The standard InChI is InChI=1S/C24H29N3O/c28-24(26-12-1-2-13-26)19-5-3-18(4-6-19)20-7-8-22-17-27(14-10-21(22)15-20)23-9-11-25-16-23/h3-8,15,23,25H,1-2,9-14,16-17H2. The van der Waals surface area contributed by atoms with Gasteiger partial charge in [0.1, 0.15) is 0 Å². The van der Waals surface area contributed by atoms with E-state index < -0.39 is 0 Å². The van der Waals surface area contributed by atoms with E-state index in [9.17, 15) is 4.79 Å². The molecule has 0 saturated carbocycles. The Labute approximate surface area is 167 Å². The molecule has 0 spiro atoms. The SMILES string of the molecule is O=C(c1ccc(-c2ccc3c(c2)CCN(C2CCNC2)C3)cc1)N1CCCC1. The van der Waals surface area contributed by atoms with E-state index in [2.05, 4.69) is 40.5 Å².